The molecule has 1 aliphatic heterocycles. The molecule has 0 amide bonds. The number of benzene rings is 2. The zero-order valence-electron chi connectivity index (χ0n) is 16.8. The quantitative estimate of drug-likeness (QED) is 0.687. The van der Waals surface area contributed by atoms with Crippen molar-refractivity contribution in [2.45, 2.75) is 49.0 Å². The summed E-state index contributed by atoms with van der Waals surface area (Å²) in [6.07, 6.45) is 2.24. The monoisotopic (exact) mass is 456 g/mol. The predicted molar refractivity (Wildman–Crippen MR) is 112 cm³/mol. The van der Waals surface area contributed by atoms with Crippen molar-refractivity contribution in [3.63, 3.8) is 0 Å². The van der Waals surface area contributed by atoms with Crippen molar-refractivity contribution in [3.05, 3.63) is 48.3 Å². The Morgan fingerprint density at radius 3 is 2.30 bits per heavy atom. The Balaban J connectivity index is 2.03. The summed E-state index contributed by atoms with van der Waals surface area (Å²) < 4.78 is 74.9. The normalized spacial score (nSPS) is 15.9. The van der Waals surface area contributed by atoms with Gasteiger partial charge in [0, 0.05) is 13.1 Å². The third-order valence-electron chi connectivity index (χ3n) is 4.64. The Morgan fingerprint density at radius 2 is 1.67 bits per heavy atom. The maximum absolute atomic E-state index is 14.1. The average Bonchev–Trinajstić information content (AvgIpc) is 2.69. The van der Waals surface area contributed by atoms with E-state index in [1.807, 2.05) is 0 Å². The van der Waals surface area contributed by atoms with Crippen LogP contribution in [0.3, 0.4) is 0 Å². The van der Waals surface area contributed by atoms with Gasteiger partial charge in [0.1, 0.15) is 16.5 Å². The fourth-order valence-corrected chi connectivity index (χ4v) is 5.91. The van der Waals surface area contributed by atoms with E-state index in [-0.39, 0.29) is 22.4 Å². The van der Waals surface area contributed by atoms with Crippen LogP contribution in [0.25, 0.3) is 0 Å². The fraction of sp³-hybridized carbons (Fsp3) is 0.400. The molecule has 164 valence electrons. The molecule has 30 heavy (non-hydrogen) atoms. The summed E-state index contributed by atoms with van der Waals surface area (Å²) in [5.41, 5.74) is -0.0648. The lowest BCUT2D eigenvalue weighted by Crippen LogP contribution is -2.35. The van der Waals surface area contributed by atoms with Gasteiger partial charge in [0.05, 0.1) is 16.7 Å². The molecule has 0 radical (unpaired) electrons. The topological polar surface area (TPSA) is 92.8 Å². The van der Waals surface area contributed by atoms with Crippen LogP contribution in [0.2, 0.25) is 0 Å². The molecule has 0 aliphatic carbocycles. The van der Waals surface area contributed by atoms with Crippen LogP contribution in [0.5, 0.6) is 5.75 Å². The molecule has 1 aliphatic rings. The Bertz CT molecular complexity index is 1110. The van der Waals surface area contributed by atoms with Gasteiger partial charge in [-0.05, 0) is 57.0 Å². The lowest BCUT2D eigenvalue weighted by molar-refractivity contribution is 0.243. The van der Waals surface area contributed by atoms with E-state index in [1.54, 1.807) is 13.8 Å². The summed E-state index contributed by atoms with van der Waals surface area (Å²) in [4.78, 5) is -0.587. The number of anilines is 1. The molecule has 0 aromatic heterocycles. The lowest BCUT2D eigenvalue weighted by atomic mass is 10.2. The molecule has 1 heterocycles. The van der Waals surface area contributed by atoms with E-state index in [0.29, 0.717) is 13.1 Å². The van der Waals surface area contributed by atoms with Gasteiger partial charge in [-0.2, -0.15) is 4.31 Å². The number of nitrogens with zero attached hydrogens (tertiary/aromatic N) is 1. The Labute approximate surface area is 177 Å². The summed E-state index contributed by atoms with van der Waals surface area (Å²) in [5, 5.41) is 0. The van der Waals surface area contributed by atoms with Crippen LogP contribution in [0.15, 0.2) is 52.3 Å². The Kier molecular flexibility index (Phi) is 6.68. The van der Waals surface area contributed by atoms with Crippen LogP contribution in [0.4, 0.5) is 10.1 Å². The first-order valence-corrected chi connectivity index (χ1v) is 12.6. The van der Waals surface area contributed by atoms with Crippen molar-refractivity contribution in [3.8, 4) is 5.75 Å². The van der Waals surface area contributed by atoms with E-state index in [9.17, 15) is 21.2 Å². The Morgan fingerprint density at radius 1 is 1.00 bits per heavy atom. The second-order valence-corrected chi connectivity index (χ2v) is 10.9. The van der Waals surface area contributed by atoms with Crippen molar-refractivity contribution in [1.82, 2.24) is 4.31 Å². The van der Waals surface area contributed by atoms with E-state index in [2.05, 4.69) is 4.72 Å². The molecule has 0 spiro atoms. The van der Waals surface area contributed by atoms with Gasteiger partial charge in [-0.3, -0.25) is 4.72 Å². The van der Waals surface area contributed by atoms with Crippen LogP contribution in [0.1, 0.15) is 33.1 Å². The molecule has 0 bridgehead atoms. The van der Waals surface area contributed by atoms with E-state index in [0.717, 1.165) is 31.4 Å². The van der Waals surface area contributed by atoms with Crippen LogP contribution in [-0.4, -0.2) is 40.3 Å². The minimum atomic E-state index is -4.30. The van der Waals surface area contributed by atoms with E-state index in [1.165, 1.54) is 34.6 Å². The molecule has 3 rings (SSSR count). The first kappa shape index (κ1) is 22.5. The number of hydrogen-bond acceptors (Lipinski definition) is 5. The SMILES string of the molecule is CC(C)Oc1ccc(S(=O)(=O)N2CCCCC2)cc1NS(=O)(=O)c1ccccc1F. The number of piperidine rings is 1. The lowest BCUT2D eigenvalue weighted by Gasteiger charge is -2.26. The summed E-state index contributed by atoms with van der Waals surface area (Å²) in [6, 6.07) is 8.98. The summed E-state index contributed by atoms with van der Waals surface area (Å²) in [5.74, 6) is -0.754. The average molecular weight is 457 g/mol. The number of rotatable bonds is 7. The van der Waals surface area contributed by atoms with Crippen LogP contribution < -0.4 is 9.46 Å². The van der Waals surface area contributed by atoms with Crippen molar-refractivity contribution in [2.24, 2.45) is 0 Å². The number of nitrogens with one attached hydrogen (secondary N) is 1. The highest BCUT2D eigenvalue weighted by molar-refractivity contribution is 7.92. The molecule has 10 heteroatoms. The molecule has 2 aromatic carbocycles. The molecule has 7 nitrogen and oxygen atoms in total. The molecule has 1 saturated heterocycles. The zero-order valence-corrected chi connectivity index (χ0v) is 18.5. The molecule has 0 atom stereocenters. The van der Waals surface area contributed by atoms with Gasteiger partial charge >= 0.3 is 0 Å². The van der Waals surface area contributed by atoms with E-state index >= 15 is 0 Å². The molecule has 0 unspecified atom stereocenters. The molecule has 1 N–H and O–H groups in total. The van der Waals surface area contributed by atoms with Gasteiger partial charge in [0.15, 0.2) is 0 Å². The highest BCUT2D eigenvalue weighted by Gasteiger charge is 2.28. The first-order chi connectivity index (χ1) is 14.1. The second kappa shape index (κ2) is 8.91. The molecular weight excluding hydrogens is 431 g/mol. The number of hydrogen-bond donors (Lipinski definition) is 1. The van der Waals surface area contributed by atoms with Crippen LogP contribution in [0, 0.1) is 5.82 Å². The predicted octanol–water partition coefficient (Wildman–Crippen LogP) is 3.59. The van der Waals surface area contributed by atoms with Crippen LogP contribution in [-0.2, 0) is 20.0 Å². The van der Waals surface area contributed by atoms with E-state index < -0.39 is 30.8 Å². The summed E-state index contributed by atoms with van der Waals surface area (Å²) >= 11 is 0. The standard InChI is InChI=1S/C20H25FN2O5S2/c1-15(2)28-19-11-10-16(30(26,27)23-12-6-3-7-13-23)14-18(19)22-29(24,25)20-9-5-4-8-17(20)21/h4-5,8-11,14-15,22H,3,6-7,12-13H2,1-2H3. The molecular formula is C20H25FN2O5S2. The first-order valence-electron chi connectivity index (χ1n) is 9.69. The van der Waals surface area contributed by atoms with E-state index in [4.69, 9.17) is 4.74 Å². The third-order valence-corrected chi connectivity index (χ3v) is 7.93. The smallest absolute Gasteiger partial charge is 0.264 e. The minimum absolute atomic E-state index is 0.0493. The van der Waals surface area contributed by atoms with Crippen molar-refractivity contribution in [1.29, 1.82) is 0 Å². The van der Waals surface area contributed by atoms with Gasteiger partial charge in [-0.1, -0.05) is 18.6 Å². The van der Waals surface area contributed by atoms with Gasteiger partial charge in [0.25, 0.3) is 10.0 Å². The van der Waals surface area contributed by atoms with Gasteiger partial charge in [0.2, 0.25) is 10.0 Å². The summed E-state index contributed by atoms with van der Waals surface area (Å²) in [7, 11) is -8.09. The zero-order chi connectivity index (χ0) is 21.9. The molecule has 2 aromatic rings. The third kappa shape index (κ3) is 4.93. The fourth-order valence-electron chi connectivity index (χ4n) is 3.22. The maximum Gasteiger partial charge on any atom is 0.264 e. The van der Waals surface area contributed by atoms with Gasteiger partial charge in [-0.15, -0.1) is 0 Å². The molecule has 0 saturated carbocycles. The minimum Gasteiger partial charge on any atom is -0.489 e. The van der Waals surface area contributed by atoms with Gasteiger partial charge in [-0.25, -0.2) is 21.2 Å². The molecule has 1 fully saturated rings. The second-order valence-electron chi connectivity index (χ2n) is 7.33. The van der Waals surface area contributed by atoms with Crippen molar-refractivity contribution in [2.75, 3.05) is 17.8 Å². The Hall–Kier alpha value is -2.17. The highest BCUT2D eigenvalue weighted by atomic mass is 32.2. The van der Waals surface area contributed by atoms with Crippen molar-refractivity contribution < 1.29 is 26.0 Å². The van der Waals surface area contributed by atoms with Crippen LogP contribution >= 0.6 is 0 Å². The number of halogens is 1. The largest absolute Gasteiger partial charge is 0.489 e. The van der Waals surface area contributed by atoms with Crippen molar-refractivity contribution >= 4 is 25.7 Å². The number of sulfonamides is 2. The number of ether oxygens (including phenoxy) is 1. The summed E-state index contributed by atoms with van der Waals surface area (Å²) in [6.45, 7) is 4.35. The maximum atomic E-state index is 14.1. The highest BCUT2D eigenvalue weighted by Crippen LogP contribution is 2.32. The van der Waals surface area contributed by atoms with Gasteiger partial charge < -0.3 is 4.74 Å².